The van der Waals surface area contributed by atoms with Gasteiger partial charge in [-0.3, -0.25) is 4.79 Å². The zero-order valence-electron chi connectivity index (χ0n) is 14.4. The molecule has 0 bridgehead atoms. The van der Waals surface area contributed by atoms with Crippen molar-refractivity contribution in [2.24, 2.45) is 0 Å². The minimum Gasteiger partial charge on any atom is -0.338 e. The van der Waals surface area contributed by atoms with Gasteiger partial charge in [-0.15, -0.1) is 0 Å². The van der Waals surface area contributed by atoms with Gasteiger partial charge in [-0.05, 0) is 25.0 Å². The van der Waals surface area contributed by atoms with Crippen LogP contribution in [-0.2, 0) is 11.3 Å². The Morgan fingerprint density at radius 2 is 2.00 bits per heavy atom. The summed E-state index contributed by atoms with van der Waals surface area (Å²) in [5.41, 5.74) is 2.12. The monoisotopic (exact) mass is 324 g/mol. The molecule has 2 heterocycles. The van der Waals surface area contributed by atoms with Crippen LogP contribution in [0.4, 0.5) is 5.95 Å². The number of carbonyl (C=O) groups is 1. The molecule has 0 aliphatic carbocycles. The van der Waals surface area contributed by atoms with Gasteiger partial charge in [-0.2, -0.15) is 0 Å². The van der Waals surface area contributed by atoms with Crippen molar-refractivity contribution < 1.29 is 4.79 Å². The number of amides is 1. The molecule has 3 rings (SSSR count). The smallest absolute Gasteiger partial charge is 0.225 e. The number of hydrogen-bond acceptors (Lipinski definition) is 4. The first-order valence-electron chi connectivity index (χ1n) is 8.55. The normalized spacial score (nSPS) is 18.6. The summed E-state index contributed by atoms with van der Waals surface area (Å²) in [6.45, 7) is 6.22. The third-order valence-corrected chi connectivity index (χ3v) is 4.52. The highest BCUT2D eigenvalue weighted by Crippen LogP contribution is 2.20. The van der Waals surface area contributed by atoms with E-state index in [2.05, 4.69) is 33.9 Å². The zero-order valence-corrected chi connectivity index (χ0v) is 14.4. The average Bonchev–Trinajstić information content (AvgIpc) is 2.76. The number of carbonyl (C=O) groups excluding carboxylic acids is 1. The van der Waals surface area contributed by atoms with Crippen LogP contribution >= 0.6 is 0 Å². The van der Waals surface area contributed by atoms with Crippen LogP contribution < -0.4 is 4.90 Å². The molecule has 5 heteroatoms. The predicted molar refractivity (Wildman–Crippen MR) is 94.7 cm³/mol. The fraction of sp³-hybridized carbons (Fsp3) is 0.421. The van der Waals surface area contributed by atoms with E-state index in [9.17, 15) is 4.79 Å². The lowest BCUT2D eigenvalue weighted by Crippen LogP contribution is -2.42. The second-order valence-electron chi connectivity index (χ2n) is 6.26. The summed E-state index contributed by atoms with van der Waals surface area (Å²) in [5.74, 6) is 0.934. The molecule has 1 unspecified atom stereocenters. The highest BCUT2D eigenvalue weighted by atomic mass is 16.2. The SMILES string of the molecule is CCC1CN(c2nccc(C)n2)CCC(=O)N1Cc1ccccc1. The first-order valence-corrected chi connectivity index (χ1v) is 8.55. The molecular formula is C19H24N4O. The van der Waals surface area contributed by atoms with Crippen molar-refractivity contribution in [2.45, 2.75) is 39.3 Å². The molecule has 0 saturated carbocycles. The molecule has 1 fully saturated rings. The van der Waals surface area contributed by atoms with Crippen LogP contribution in [0, 0.1) is 6.92 Å². The number of aryl methyl sites for hydroxylation is 1. The third-order valence-electron chi connectivity index (χ3n) is 4.52. The van der Waals surface area contributed by atoms with Crippen LogP contribution in [0.3, 0.4) is 0 Å². The lowest BCUT2D eigenvalue weighted by Gasteiger charge is -2.31. The van der Waals surface area contributed by atoms with Crippen molar-refractivity contribution in [3.8, 4) is 0 Å². The topological polar surface area (TPSA) is 49.3 Å². The Balaban J connectivity index is 1.80. The van der Waals surface area contributed by atoms with Gasteiger partial charge in [0.2, 0.25) is 11.9 Å². The highest BCUT2D eigenvalue weighted by Gasteiger charge is 2.29. The van der Waals surface area contributed by atoms with E-state index in [-0.39, 0.29) is 11.9 Å². The van der Waals surface area contributed by atoms with Gasteiger partial charge in [-0.25, -0.2) is 9.97 Å². The third kappa shape index (κ3) is 3.72. The fourth-order valence-corrected chi connectivity index (χ4v) is 3.14. The van der Waals surface area contributed by atoms with Crippen LogP contribution in [0.2, 0.25) is 0 Å². The van der Waals surface area contributed by atoms with E-state index in [4.69, 9.17) is 0 Å². The fourth-order valence-electron chi connectivity index (χ4n) is 3.14. The summed E-state index contributed by atoms with van der Waals surface area (Å²) in [4.78, 5) is 25.8. The van der Waals surface area contributed by atoms with Gasteiger partial charge in [0, 0.05) is 44.0 Å². The molecular weight excluding hydrogens is 300 g/mol. The van der Waals surface area contributed by atoms with E-state index >= 15 is 0 Å². The lowest BCUT2D eigenvalue weighted by molar-refractivity contribution is -0.133. The number of aromatic nitrogens is 2. The number of rotatable bonds is 4. The predicted octanol–water partition coefficient (Wildman–Crippen LogP) is 2.80. The van der Waals surface area contributed by atoms with Crippen molar-refractivity contribution >= 4 is 11.9 Å². The van der Waals surface area contributed by atoms with E-state index in [1.165, 1.54) is 5.56 Å². The first kappa shape index (κ1) is 16.4. The summed E-state index contributed by atoms with van der Waals surface area (Å²) in [6, 6.07) is 12.3. The molecule has 1 aromatic heterocycles. The number of nitrogens with zero attached hydrogens (tertiary/aromatic N) is 4. The molecule has 1 aliphatic rings. The van der Waals surface area contributed by atoms with E-state index in [1.54, 1.807) is 6.20 Å². The standard InChI is InChI=1S/C19H24N4O/c1-3-17-14-22(19-20-11-9-15(2)21-19)12-10-18(24)23(17)13-16-7-5-4-6-8-16/h4-9,11,17H,3,10,12-14H2,1-2H3. The zero-order chi connectivity index (χ0) is 16.9. The number of hydrogen-bond donors (Lipinski definition) is 0. The van der Waals surface area contributed by atoms with Crippen LogP contribution in [0.1, 0.15) is 31.0 Å². The summed E-state index contributed by atoms with van der Waals surface area (Å²) in [6.07, 6.45) is 3.20. The van der Waals surface area contributed by atoms with Crippen molar-refractivity contribution in [1.29, 1.82) is 0 Å². The van der Waals surface area contributed by atoms with E-state index in [0.717, 1.165) is 24.6 Å². The molecule has 0 N–H and O–H groups in total. The van der Waals surface area contributed by atoms with Crippen molar-refractivity contribution in [1.82, 2.24) is 14.9 Å². The maximum Gasteiger partial charge on any atom is 0.225 e. The summed E-state index contributed by atoms with van der Waals surface area (Å²) in [7, 11) is 0. The Bertz CT molecular complexity index is 689. The molecule has 1 amide bonds. The molecule has 1 aromatic carbocycles. The van der Waals surface area contributed by atoms with E-state index in [0.29, 0.717) is 19.5 Å². The maximum absolute atomic E-state index is 12.7. The average molecular weight is 324 g/mol. The van der Waals surface area contributed by atoms with Crippen LogP contribution in [0.5, 0.6) is 0 Å². The number of benzene rings is 1. The van der Waals surface area contributed by atoms with Gasteiger partial charge in [-0.1, -0.05) is 37.3 Å². The van der Waals surface area contributed by atoms with E-state index in [1.807, 2.05) is 36.1 Å². The molecule has 1 atom stereocenters. The highest BCUT2D eigenvalue weighted by molar-refractivity contribution is 5.77. The summed E-state index contributed by atoms with van der Waals surface area (Å²) in [5, 5.41) is 0. The minimum atomic E-state index is 0.171. The van der Waals surface area contributed by atoms with Crippen molar-refractivity contribution in [2.75, 3.05) is 18.0 Å². The molecule has 1 saturated heterocycles. The van der Waals surface area contributed by atoms with Crippen molar-refractivity contribution in [3.05, 3.63) is 53.9 Å². The molecule has 5 nitrogen and oxygen atoms in total. The van der Waals surface area contributed by atoms with E-state index < -0.39 is 0 Å². The van der Waals surface area contributed by atoms with Gasteiger partial charge in [0.1, 0.15) is 0 Å². The van der Waals surface area contributed by atoms with Crippen molar-refractivity contribution in [3.63, 3.8) is 0 Å². The van der Waals surface area contributed by atoms with Crippen LogP contribution in [0.25, 0.3) is 0 Å². The molecule has 2 aromatic rings. The lowest BCUT2D eigenvalue weighted by atomic mass is 10.1. The van der Waals surface area contributed by atoms with Gasteiger partial charge in [0.25, 0.3) is 0 Å². The first-order chi connectivity index (χ1) is 11.7. The van der Waals surface area contributed by atoms with Gasteiger partial charge >= 0.3 is 0 Å². The Morgan fingerprint density at radius 1 is 1.21 bits per heavy atom. The van der Waals surface area contributed by atoms with Crippen LogP contribution in [-0.4, -0.2) is 39.9 Å². The Morgan fingerprint density at radius 3 is 2.71 bits per heavy atom. The van der Waals surface area contributed by atoms with Crippen LogP contribution in [0.15, 0.2) is 42.6 Å². The molecule has 126 valence electrons. The summed E-state index contributed by atoms with van der Waals surface area (Å²) < 4.78 is 0. The molecule has 0 radical (unpaired) electrons. The van der Waals surface area contributed by atoms with Gasteiger partial charge in [0.05, 0.1) is 0 Å². The summed E-state index contributed by atoms with van der Waals surface area (Å²) >= 11 is 0. The van der Waals surface area contributed by atoms with Gasteiger partial charge in [0.15, 0.2) is 0 Å². The second-order valence-corrected chi connectivity index (χ2v) is 6.26. The number of anilines is 1. The molecule has 24 heavy (non-hydrogen) atoms. The maximum atomic E-state index is 12.7. The molecule has 1 aliphatic heterocycles. The minimum absolute atomic E-state index is 0.171. The quantitative estimate of drug-likeness (QED) is 0.868. The van der Waals surface area contributed by atoms with Gasteiger partial charge < -0.3 is 9.80 Å². The Hall–Kier alpha value is -2.43. The largest absolute Gasteiger partial charge is 0.338 e. The Kier molecular flexibility index (Phi) is 5.08. The second kappa shape index (κ2) is 7.43. The Labute approximate surface area is 143 Å². The molecule has 0 spiro atoms.